The molecule has 0 spiro atoms. The summed E-state index contributed by atoms with van der Waals surface area (Å²) < 4.78 is 7.40. The van der Waals surface area contributed by atoms with Gasteiger partial charge >= 0.3 is 0 Å². The van der Waals surface area contributed by atoms with E-state index in [-0.39, 0.29) is 11.8 Å². The number of hydrogen-bond donors (Lipinski definition) is 2. The normalized spacial score (nSPS) is 21.2. The Labute approximate surface area is 195 Å². The third-order valence-electron chi connectivity index (χ3n) is 6.74. The van der Waals surface area contributed by atoms with E-state index in [2.05, 4.69) is 5.32 Å². The Bertz CT molecular complexity index is 990. The van der Waals surface area contributed by atoms with E-state index in [0.717, 1.165) is 49.9 Å². The van der Waals surface area contributed by atoms with Crippen molar-refractivity contribution in [2.45, 2.75) is 65.1 Å². The van der Waals surface area contributed by atoms with E-state index in [4.69, 9.17) is 9.84 Å². The number of aliphatic hydroxyl groups excluding tert-OH is 1. The van der Waals surface area contributed by atoms with Crippen LogP contribution in [0.2, 0.25) is 0 Å². The second kappa shape index (κ2) is 9.81. The molecule has 2 aliphatic heterocycles. The highest BCUT2D eigenvalue weighted by molar-refractivity contribution is 6.06. The Morgan fingerprint density at radius 1 is 1.21 bits per heavy atom. The monoisotopic (exact) mass is 456 g/mol. The minimum Gasteiger partial charge on any atom is -0.391 e. The van der Waals surface area contributed by atoms with Crippen LogP contribution in [0.3, 0.4) is 0 Å². The van der Waals surface area contributed by atoms with Gasteiger partial charge in [-0.25, -0.2) is 0 Å². The van der Waals surface area contributed by atoms with Gasteiger partial charge in [-0.05, 0) is 43.1 Å². The summed E-state index contributed by atoms with van der Waals surface area (Å²) in [6, 6.07) is 7.04. The summed E-state index contributed by atoms with van der Waals surface area (Å²) in [5.41, 5.74) is 0.778. The number of likely N-dealkylation sites (tertiary alicyclic amines) is 1. The first-order valence-corrected chi connectivity index (χ1v) is 12.0. The molecule has 2 unspecified atom stereocenters. The quantitative estimate of drug-likeness (QED) is 0.721. The van der Waals surface area contributed by atoms with E-state index in [1.807, 2.05) is 49.7 Å². The smallest absolute Gasteiger partial charge is 0.273 e. The average molecular weight is 457 g/mol. The van der Waals surface area contributed by atoms with Gasteiger partial charge in [0.1, 0.15) is 6.04 Å². The van der Waals surface area contributed by atoms with Gasteiger partial charge in [-0.3, -0.25) is 14.3 Å². The number of rotatable bonds is 5. The number of carbonyl (C=O) groups excluding carboxylic acids is 2. The van der Waals surface area contributed by atoms with Crippen LogP contribution in [-0.4, -0.2) is 70.1 Å². The Balaban J connectivity index is 1.58. The van der Waals surface area contributed by atoms with Crippen LogP contribution in [0.1, 0.15) is 56.9 Å². The summed E-state index contributed by atoms with van der Waals surface area (Å²) in [5, 5.41) is 18.5. The minimum absolute atomic E-state index is 0.152. The van der Waals surface area contributed by atoms with Gasteiger partial charge in [0, 0.05) is 38.2 Å². The van der Waals surface area contributed by atoms with E-state index in [1.54, 1.807) is 4.90 Å². The highest BCUT2D eigenvalue weighted by Crippen LogP contribution is 2.26. The molecule has 1 aromatic heterocycles. The van der Waals surface area contributed by atoms with Crippen LogP contribution in [0.25, 0.3) is 10.9 Å². The number of β-amino-alcohol motifs (C(OH)–C–C–N with tert-alkyl or cyclic N) is 1. The molecule has 8 nitrogen and oxygen atoms in total. The molecule has 0 radical (unpaired) electrons. The van der Waals surface area contributed by atoms with E-state index >= 15 is 0 Å². The molecule has 0 aliphatic carbocycles. The minimum atomic E-state index is -0.713. The van der Waals surface area contributed by atoms with Crippen molar-refractivity contribution in [3.63, 3.8) is 0 Å². The van der Waals surface area contributed by atoms with Gasteiger partial charge in [0.05, 0.1) is 11.6 Å². The highest BCUT2D eigenvalue weighted by Gasteiger charge is 2.38. The fourth-order valence-electron chi connectivity index (χ4n) is 4.79. The van der Waals surface area contributed by atoms with Gasteiger partial charge in [0.25, 0.3) is 5.91 Å². The van der Waals surface area contributed by atoms with Gasteiger partial charge in [-0.15, -0.1) is 0 Å². The zero-order chi connectivity index (χ0) is 23.6. The number of amides is 2. The molecule has 1 aromatic carbocycles. The molecular weight excluding hydrogens is 420 g/mol. The molecule has 2 atom stereocenters. The summed E-state index contributed by atoms with van der Waals surface area (Å²) in [4.78, 5) is 28.5. The molecule has 8 heteroatoms. The first kappa shape index (κ1) is 23.7. The number of carbonyl (C=O) groups is 2. The molecule has 2 saturated heterocycles. The number of fused-ring (bicyclic) bond motifs is 1. The molecule has 2 aromatic rings. The van der Waals surface area contributed by atoms with Crippen LogP contribution < -0.4 is 5.32 Å². The molecule has 0 bridgehead atoms. The first-order valence-electron chi connectivity index (χ1n) is 12.0. The van der Waals surface area contributed by atoms with Crippen LogP contribution >= 0.6 is 0 Å². The largest absolute Gasteiger partial charge is 0.391 e. The van der Waals surface area contributed by atoms with Crippen molar-refractivity contribution >= 4 is 22.7 Å². The Hall–Kier alpha value is -2.45. The fraction of sp³-hybridized carbons (Fsp3) is 0.640. The lowest BCUT2D eigenvalue weighted by molar-refractivity contribution is -0.138. The van der Waals surface area contributed by atoms with Crippen LogP contribution in [0.4, 0.5) is 0 Å². The number of para-hydroxylation sites is 1. The highest BCUT2D eigenvalue weighted by atomic mass is 16.5. The van der Waals surface area contributed by atoms with Gasteiger partial charge in [-0.1, -0.05) is 39.0 Å². The van der Waals surface area contributed by atoms with Crippen molar-refractivity contribution in [1.29, 1.82) is 0 Å². The maximum atomic E-state index is 13.4. The number of hydrogen-bond acceptors (Lipinski definition) is 5. The van der Waals surface area contributed by atoms with Crippen molar-refractivity contribution in [2.75, 3.05) is 26.3 Å². The van der Waals surface area contributed by atoms with Crippen LogP contribution in [-0.2, 0) is 16.1 Å². The summed E-state index contributed by atoms with van der Waals surface area (Å²) >= 11 is 0. The van der Waals surface area contributed by atoms with Gasteiger partial charge in [0.15, 0.2) is 5.69 Å². The second-order valence-corrected chi connectivity index (χ2v) is 10.5. The topological polar surface area (TPSA) is 96.7 Å². The summed E-state index contributed by atoms with van der Waals surface area (Å²) in [6.07, 6.45) is 2.92. The standard InChI is InChI=1S/C25H36N4O4/c1-25(2,3)22(24(32)28-12-6-7-18(30)16-28)26-23(31)21-19-8-4-5-9-20(19)29(27-21)15-17-10-13-33-14-11-17/h4-5,8-9,17-18,22,30H,6-7,10-16H2,1-3H3,(H,26,31). The molecule has 4 rings (SSSR count). The second-order valence-electron chi connectivity index (χ2n) is 10.5. The van der Waals surface area contributed by atoms with E-state index < -0.39 is 17.6 Å². The third-order valence-corrected chi connectivity index (χ3v) is 6.74. The Morgan fingerprint density at radius 3 is 2.64 bits per heavy atom. The SMILES string of the molecule is CC(C)(C)C(NC(=O)c1nn(CC2CCOCC2)c2ccccc12)C(=O)N1CCCC(O)C1. The lowest BCUT2D eigenvalue weighted by Gasteiger charge is -2.37. The van der Waals surface area contributed by atoms with Crippen molar-refractivity contribution in [2.24, 2.45) is 11.3 Å². The molecule has 2 fully saturated rings. The summed E-state index contributed by atoms with van der Waals surface area (Å²) in [5.74, 6) is -0.0318. The zero-order valence-corrected chi connectivity index (χ0v) is 19.9. The van der Waals surface area contributed by atoms with Crippen molar-refractivity contribution in [3.05, 3.63) is 30.0 Å². The molecule has 33 heavy (non-hydrogen) atoms. The first-order chi connectivity index (χ1) is 15.7. The van der Waals surface area contributed by atoms with Crippen LogP contribution in [0.5, 0.6) is 0 Å². The number of aromatic nitrogens is 2. The number of ether oxygens (including phenoxy) is 1. The van der Waals surface area contributed by atoms with Crippen molar-refractivity contribution in [1.82, 2.24) is 20.0 Å². The summed E-state index contributed by atoms with van der Waals surface area (Å²) in [6.45, 7) is 9.00. The Morgan fingerprint density at radius 2 is 1.94 bits per heavy atom. The predicted molar refractivity (Wildman–Crippen MR) is 126 cm³/mol. The molecule has 3 heterocycles. The molecule has 180 valence electrons. The molecule has 2 aliphatic rings. The summed E-state index contributed by atoms with van der Waals surface area (Å²) in [7, 11) is 0. The predicted octanol–water partition coefficient (Wildman–Crippen LogP) is 2.59. The zero-order valence-electron chi connectivity index (χ0n) is 19.9. The lowest BCUT2D eigenvalue weighted by Crippen LogP contribution is -2.57. The maximum Gasteiger partial charge on any atom is 0.273 e. The van der Waals surface area contributed by atoms with E-state index in [9.17, 15) is 14.7 Å². The molecule has 2 N–H and O–H groups in total. The Kier molecular flexibility index (Phi) is 7.05. The van der Waals surface area contributed by atoms with Gasteiger partial charge < -0.3 is 20.1 Å². The number of nitrogens with zero attached hydrogens (tertiary/aromatic N) is 3. The number of piperidine rings is 1. The lowest BCUT2D eigenvalue weighted by atomic mass is 9.85. The fourth-order valence-corrected chi connectivity index (χ4v) is 4.79. The van der Waals surface area contributed by atoms with Gasteiger partial charge in [0.2, 0.25) is 5.91 Å². The molecule has 2 amide bonds. The van der Waals surface area contributed by atoms with E-state index in [1.165, 1.54) is 0 Å². The third kappa shape index (κ3) is 5.38. The number of nitrogens with one attached hydrogen (secondary N) is 1. The van der Waals surface area contributed by atoms with E-state index in [0.29, 0.717) is 31.1 Å². The average Bonchev–Trinajstić information content (AvgIpc) is 3.15. The molecule has 0 saturated carbocycles. The maximum absolute atomic E-state index is 13.4. The number of benzene rings is 1. The van der Waals surface area contributed by atoms with Crippen molar-refractivity contribution < 1.29 is 19.4 Å². The van der Waals surface area contributed by atoms with Crippen molar-refractivity contribution in [3.8, 4) is 0 Å². The number of aliphatic hydroxyl groups is 1. The van der Waals surface area contributed by atoms with Crippen LogP contribution in [0.15, 0.2) is 24.3 Å². The van der Waals surface area contributed by atoms with Gasteiger partial charge in [-0.2, -0.15) is 5.10 Å². The van der Waals surface area contributed by atoms with Crippen LogP contribution in [0, 0.1) is 11.3 Å². The molecular formula is C25H36N4O4.